The van der Waals surface area contributed by atoms with Crippen molar-refractivity contribution in [3.63, 3.8) is 0 Å². The molecule has 2 nitrogen and oxygen atoms in total. The van der Waals surface area contributed by atoms with Gasteiger partial charge in [-0.3, -0.25) is 0 Å². The van der Waals surface area contributed by atoms with E-state index in [1.165, 1.54) is 27.9 Å². The fraction of sp³-hybridized carbons (Fsp3) is 0.667. The van der Waals surface area contributed by atoms with E-state index in [1.54, 1.807) is 0 Å². The third-order valence-electron chi connectivity index (χ3n) is 1.05. The van der Waals surface area contributed by atoms with E-state index in [0.29, 0.717) is 0 Å². The number of hydrogen-bond donors (Lipinski definition) is 0. The first-order chi connectivity index (χ1) is 4.84. The van der Waals surface area contributed by atoms with Crippen LogP contribution >= 0.6 is 23.3 Å². The lowest BCUT2D eigenvalue weighted by Gasteiger charge is -1.91. The molecule has 0 radical (unpaired) electrons. The van der Waals surface area contributed by atoms with Crippen molar-refractivity contribution < 1.29 is 0 Å². The summed E-state index contributed by atoms with van der Waals surface area (Å²) < 4.78 is 5.11. The molecule has 0 N–H and O–H groups in total. The molecule has 56 valence electrons. The van der Waals surface area contributed by atoms with Crippen LogP contribution in [0.5, 0.6) is 0 Å². The van der Waals surface area contributed by atoms with Crippen molar-refractivity contribution in [1.82, 2.24) is 9.59 Å². The summed E-state index contributed by atoms with van der Waals surface area (Å²) in [5.41, 5.74) is 1.07. The highest BCUT2D eigenvalue weighted by Crippen LogP contribution is 2.24. The summed E-state index contributed by atoms with van der Waals surface area (Å²) in [6, 6.07) is 0. The molecular weight excluding hydrogens is 164 g/mol. The molecule has 0 aliphatic heterocycles. The fourth-order valence-corrected chi connectivity index (χ4v) is 2.16. The lowest BCUT2D eigenvalue weighted by Crippen LogP contribution is -1.75. The zero-order valence-electron chi connectivity index (χ0n) is 6.13. The summed E-state index contributed by atoms with van der Waals surface area (Å²) in [4.78, 5) is 0. The topological polar surface area (TPSA) is 25.8 Å². The van der Waals surface area contributed by atoms with Crippen LogP contribution in [0.15, 0.2) is 4.21 Å². The number of hydrogen-bond acceptors (Lipinski definition) is 4. The lowest BCUT2D eigenvalue weighted by atomic mass is 10.6. The van der Waals surface area contributed by atoms with Gasteiger partial charge in [0.2, 0.25) is 0 Å². The van der Waals surface area contributed by atoms with Gasteiger partial charge in [-0.15, -0.1) is 16.9 Å². The lowest BCUT2D eigenvalue weighted by molar-refractivity contribution is 1.06. The quantitative estimate of drug-likeness (QED) is 0.658. The maximum absolute atomic E-state index is 3.92. The van der Waals surface area contributed by atoms with E-state index in [2.05, 4.69) is 16.5 Å². The normalized spacial score (nSPS) is 10.2. The number of nitrogens with zero attached hydrogens (tertiary/aromatic N) is 2. The summed E-state index contributed by atoms with van der Waals surface area (Å²) in [5, 5.41) is 3.92. The van der Waals surface area contributed by atoms with Gasteiger partial charge in [-0.05, 0) is 30.6 Å². The smallest absolute Gasteiger partial charge is 0.104 e. The molecule has 1 aromatic heterocycles. The Hall–Kier alpha value is -0.0900. The number of thioether (sulfide) groups is 1. The molecule has 0 aromatic carbocycles. The van der Waals surface area contributed by atoms with Crippen LogP contribution in [0.2, 0.25) is 0 Å². The van der Waals surface area contributed by atoms with Gasteiger partial charge in [0.15, 0.2) is 0 Å². The maximum Gasteiger partial charge on any atom is 0.104 e. The first kappa shape index (κ1) is 8.01. The first-order valence-corrected chi connectivity index (χ1v) is 5.02. The van der Waals surface area contributed by atoms with Crippen molar-refractivity contribution in [2.45, 2.75) is 24.5 Å². The van der Waals surface area contributed by atoms with Crippen molar-refractivity contribution in [2.24, 2.45) is 0 Å². The van der Waals surface area contributed by atoms with E-state index in [4.69, 9.17) is 0 Å². The highest BCUT2D eigenvalue weighted by atomic mass is 32.2. The van der Waals surface area contributed by atoms with Crippen LogP contribution in [0.1, 0.15) is 19.0 Å². The maximum atomic E-state index is 3.92. The zero-order valence-corrected chi connectivity index (χ0v) is 7.76. The van der Waals surface area contributed by atoms with Gasteiger partial charge in [0, 0.05) is 0 Å². The molecule has 0 fully saturated rings. The molecule has 0 spiro atoms. The minimum atomic E-state index is 1.07. The Morgan fingerprint density at radius 2 is 2.40 bits per heavy atom. The Morgan fingerprint density at radius 1 is 1.60 bits per heavy atom. The highest BCUT2D eigenvalue weighted by molar-refractivity contribution is 8.01. The van der Waals surface area contributed by atoms with Gasteiger partial charge in [-0.25, -0.2) is 0 Å². The molecule has 0 amide bonds. The van der Waals surface area contributed by atoms with Crippen LogP contribution < -0.4 is 0 Å². The second-order valence-electron chi connectivity index (χ2n) is 1.99. The molecule has 1 heterocycles. The van der Waals surface area contributed by atoms with Gasteiger partial charge >= 0.3 is 0 Å². The Morgan fingerprint density at radius 3 is 2.90 bits per heavy atom. The molecule has 0 saturated heterocycles. The molecule has 0 atom stereocenters. The largest absolute Gasteiger partial charge is 0.142 e. The Kier molecular flexibility index (Phi) is 3.15. The van der Waals surface area contributed by atoms with Crippen molar-refractivity contribution in [2.75, 3.05) is 5.75 Å². The van der Waals surface area contributed by atoms with Crippen LogP contribution in [0.25, 0.3) is 0 Å². The van der Waals surface area contributed by atoms with E-state index in [1.807, 2.05) is 18.7 Å². The molecule has 10 heavy (non-hydrogen) atoms. The summed E-state index contributed by atoms with van der Waals surface area (Å²) in [6.45, 7) is 4.18. The van der Waals surface area contributed by atoms with Crippen LogP contribution in [-0.2, 0) is 0 Å². The predicted molar refractivity (Wildman–Crippen MR) is 45.7 cm³/mol. The van der Waals surface area contributed by atoms with Gasteiger partial charge in [-0.2, -0.15) is 0 Å². The minimum Gasteiger partial charge on any atom is -0.142 e. The van der Waals surface area contributed by atoms with Gasteiger partial charge < -0.3 is 0 Å². The third-order valence-corrected chi connectivity index (χ3v) is 3.42. The number of aromatic nitrogens is 2. The standard InChI is InChI=1S/C6H10N2S2/c1-3-4-9-6-5(2)7-8-10-6/h3-4H2,1-2H3. The summed E-state index contributed by atoms with van der Waals surface area (Å²) in [5.74, 6) is 1.17. The molecule has 0 saturated carbocycles. The van der Waals surface area contributed by atoms with E-state index in [9.17, 15) is 0 Å². The monoisotopic (exact) mass is 174 g/mol. The highest BCUT2D eigenvalue weighted by Gasteiger charge is 2.00. The second kappa shape index (κ2) is 3.93. The molecule has 1 aromatic rings. The van der Waals surface area contributed by atoms with Crippen molar-refractivity contribution in [3.8, 4) is 0 Å². The molecule has 0 aliphatic rings. The van der Waals surface area contributed by atoms with Crippen LogP contribution in [0, 0.1) is 6.92 Å². The van der Waals surface area contributed by atoms with Crippen LogP contribution in [0.4, 0.5) is 0 Å². The Bertz CT molecular complexity index is 197. The van der Waals surface area contributed by atoms with E-state index >= 15 is 0 Å². The van der Waals surface area contributed by atoms with Gasteiger partial charge in [0.05, 0.1) is 5.69 Å². The number of aryl methyl sites for hydroxylation is 1. The third kappa shape index (κ3) is 1.95. The molecule has 4 heteroatoms. The van der Waals surface area contributed by atoms with Crippen molar-refractivity contribution in [3.05, 3.63) is 5.69 Å². The summed E-state index contributed by atoms with van der Waals surface area (Å²) in [7, 11) is 0. The zero-order chi connectivity index (χ0) is 7.40. The van der Waals surface area contributed by atoms with Gasteiger partial charge in [0.25, 0.3) is 0 Å². The van der Waals surface area contributed by atoms with Gasteiger partial charge in [0.1, 0.15) is 4.21 Å². The average molecular weight is 174 g/mol. The Labute approximate surface area is 69.2 Å². The van der Waals surface area contributed by atoms with E-state index in [-0.39, 0.29) is 0 Å². The SMILES string of the molecule is CCCSc1snnc1C. The van der Waals surface area contributed by atoms with Crippen LogP contribution in [-0.4, -0.2) is 15.3 Å². The van der Waals surface area contributed by atoms with E-state index < -0.39 is 0 Å². The molecule has 0 bridgehead atoms. The fourth-order valence-electron chi connectivity index (χ4n) is 0.551. The van der Waals surface area contributed by atoms with Crippen LogP contribution in [0.3, 0.4) is 0 Å². The summed E-state index contributed by atoms with van der Waals surface area (Å²) in [6.07, 6.45) is 1.21. The van der Waals surface area contributed by atoms with Crippen molar-refractivity contribution >= 4 is 23.3 Å². The number of rotatable bonds is 3. The Balaban J connectivity index is 2.49. The molecule has 0 unspecified atom stereocenters. The summed E-state index contributed by atoms with van der Waals surface area (Å²) >= 11 is 3.34. The van der Waals surface area contributed by atoms with E-state index in [0.717, 1.165) is 5.69 Å². The van der Waals surface area contributed by atoms with Crippen molar-refractivity contribution in [1.29, 1.82) is 0 Å². The molecule has 0 aliphatic carbocycles. The first-order valence-electron chi connectivity index (χ1n) is 3.26. The molecular formula is C6H10N2S2. The van der Waals surface area contributed by atoms with Gasteiger partial charge in [-0.1, -0.05) is 11.4 Å². The average Bonchev–Trinajstić information content (AvgIpc) is 2.31. The second-order valence-corrected chi connectivity index (χ2v) is 4.11. The minimum absolute atomic E-state index is 1.07. The predicted octanol–water partition coefficient (Wildman–Crippen LogP) is 2.35. The molecule has 1 rings (SSSR count).